The lowest BCUT2D eigenvalue weighted by molar-refractivity contribution is -0.116. The Labute approximate surface area is 117 Å². The van der Waals surface area contributed by atoms with Crippen LogP contribution in [0.15, 0.2) is 24.3 Å². The fourth-order valence-electron chi connectivity index (χ4n) is 2.27. The van der Waals surface area contributed by atoms with Gasteiger partial charge in [0, 0.05) is 12.3 Å². The summed E-state index contributed by atoms with van der Waals surface area (Å²) in [5.74, 6) is -2.24. The summed E-state index contributed by atoms with van der Waals surface area (Å²) >= 11 is 1.02. The molecular formula is C13H9FN2O3S. The first-order valence-electron chi connectivity index (χ1n) is 5.84. The number of benzene rings is 1. The van der Waals surface area contributed by atoms with Crippen LogP contribution in [0.3, 0.4) is 0 Å². The van der Waals surface area contributed by atoms with Gasteiger partial charge in [-0.05, 0) is 29.2 Å². The van der Waals surface area contributed by atoms with E-state index in [2.05, 4.69) is 9.69 Å². The average molecular weight is 292 g/mol. The van der Waals surface area contributed by atoms with Gasteiger partial charge in [0.1, 0.15) is 5.82 Å². The van der Waals surface area contributed by atoms with E-state index < -0.39 is 11.8 Å². The molecule has 0 aliphatic carbocycles. The molecule has 102 valence electrons. The van der Waals surface area contributed by atoms with Crippen molar-refractivity contribution in [2.75, 3.05) is 5.32 Å². The number of hydrogen-bond acceptors (Lipinski definition) is 4. The monoisotopic (exact) mass is 292 g/mol. The number of carboxylic acid groups (broad SMARTS) is 1. The van der Waals surface area contributed by atoms with E-state index in [0.717, 1.165) is 11.5 Å². The number of fused-ring (bicyclic) bond motifs is 1. The van der Waals surface area contributed by atoms with Crippen LogP contribution in [-0.2, 0) is 4.79 Å². The molecule has 0 fully saturated rings. The van der Waals surface area contributed by atoms with Crippen LogP contribution in [0.5, 0.6) is 0 Å². The molecule has 0 unspecified atom stereocenters. The van der Waals surface area contributed by atoms with Gasteiger partial charge in [-0.15, -0.1) is 0 Å². The number of carbonyl (C=O) groups excluding carboxylic acids is 1. The van der Waals surface area contributed by atoms with E-state index in [1.807, 2.05) is 0 Å². The summed E-state index contributed by atoms with van der Waals surface area (Å²) in [6, 6.07) is 5.96. The van der Waals surface area contributed by atoms with Crippen LogP contribution in [0, 0.1) is 5.82 Å². The lowest BCUT2D eigenvalue weighted by Crippen LogP contribution is -2.23. The van der Waals surface area contributed by atoms with Crippen LogP contribution in [-0.4, -0.2) is 21.4 Å². The summed E-state index contributed by atoms with van der Waals surface area (Å²) < 4.78 is 17.2. The number of anilines is 1. The fourth-order valence-corrected chi connectivity index (χ4v) is 3.21. The first-order valence-corrected chi connectivity index (χ1v) is 6.62. The van der Waals surface area contributed by atoms with E-state index in [1.54, 1.807) is 12.1 Å². The lowest BCUT2D eigenvalue weighted by atomic mass is 9.90. The van der Waals surface area contributed by atoms with Crippen LogP contribution in [0.1, 0.15) is 33.3 Å². The van der Waals surface area contributed by atoms with Gasteiger partial charge in [0.05, 0.1) is 10.6 Å². The van der Waals surface area contributed by atoms with Crippen LogP contribution >= 0.6 is 11.5 Å². The summed E-state index contributed by atoms with van der Waals surface area (Å²) in [6.07, 6.45) is 0.151. The molecule has 20 heavy (non-hydrogen) atoms. The van der Waals surface area contributed by atoms with Crippen LogP contribution in [0.2, 0.25) is 0 Å². The maximum absolute atomic E-state index is 13.3. The Morgan fingerprint density at radius 2 is 2.30 bits per heavy atom. The minimum absolute atomic E-state index is 0.151. The van der Waals surface area contributed by atoms with Crippen molar-refractivity contribution in [2.24, 2.45) is 0 Å². The summed E-state index contributed by atoms with van der Waals surface area (Å²) in [7, 11) is 0. The van der Waals surface area contributed by atoms with Gasteiger partial charge in [-0.1, -0.05) is 12.1 Å². The van der Waals surface area contributed by atoms with Gasteiger partial charge in [0.25, 0.3) is 0 Å². The molecule has 1 aliphatic rings. The van der Waals surface area contributed by atoms with Gasteiger partial charge in [0.15, 0.2) is 5.69 Å². The topological polar surface area (TPSA) is 79.3 Å². The number of carboxylic acids is 1. The van der Waals surface area contributed by atoms with Gasteiger partial charge in [0.2, 0.25) is 5.91 Å². The normalized spacial score (nSPS) is 17.4. The highest BCUT2D eigenvalue weighted by atomic mass is 32.1. The number of nitrogens with one attached hydrogen (secondary N) is 1. The van der Waals surface area contributed by atoms with Crippen molar-refractivity contribution >= 4 is 29.1 Å². The highest BCUT2D eigenvalue weighted by Gasteiger charge is 2.33. The van der Waals surface area contributed by atoms with Crippen LogP contribution < -0.4 is 5.32 Å². The van der Waals surface area contributed by atoms with E-state index in [-0.39, 0.29) is 29.6 Å². The molecule has 3 rings (SSSR count). The first-order chi connectivity index (χ1) is 9.56. The molecule has 2 aromatic rings. The van der Waals surface area contributed by atoms with E-state index in [4.69, 9.17) is 5.11 Å². The van der Waals surface area contributed by atoms with Gasteiger partial charge >= 0.3 is 5.97 Å². The third-order valence-corrected chi connectivity index (χ3v) is 4.10. The number of aromatic nitrogens is 1. The molecule has 5 nitrogen and oxygen atoms in total. The van der Waals surface area contributed by atoms with Crippen molar-refractivity contribution in [3.05, 3.63) is 46.2 Å². The molecule has 1 amide bonds. The number of nitrogens with zero attached hydrogens (tertiary/aromatic N) is 1. The molecule has 1 aromatic carbocycles. The van der Waals surface area contributed by atoms with Crippen LogP contribution in [0.4, 0.5) is 10.1 Å². The SMILES string of the molecule is O=C1C[C@H](c2cccc(F)c2)c2snc(C(=O)O)c2N1. The Kier molecular flexibility index (Phi) is 2.98. The zero-order valence-electron chi connectivity index (χ0n) is 10.1. The Morgan fingerprint density at radius 3 is 3.00 bits per heavy atom. The predicted octanol–water partition coefficient (Wildman–Crippen LogP) is 2.45. The molecule has 1 atom stereocenters. The smallest absolute Gasteiger partial charge is 0.357 e. The molecule has 0 saturated heterocycles. The van der Waals surface area contributed by atoms with Crippen molar-refractivity contribution < 1.29 is 19.1 Å². The van der Waals surface area contributed by atoms with E-state index in [9.17, 15) is 14.0 Å². The van der Waals surface area contributed by atoms with Crippen LogP contribution in [0.25, 0.3) is 0 Å². The largest absolute Gasteiger partial charge is 0.476 e. The molecule has 2 N–H and O–H groups in total. The van der Waals surface area contributed by atoms with Crippen molar-refractivity contribution in [3.63, 3.8) is 0 Å². The third-order valence-electron chi connectivity index (χ3n) is 3.14. The molecule has 1 aromatic heterocycles. The van der Waals surface area contributed by atoms with Crippen molar-refractivity contribution in [2.45, 2.75) is 12.3 Å². The number of rotatable bonds is 2. The number of aromatic carboxylic acids is 1. The second-order valence-corrected chi connectivity index (χ2v) is 5.24. The standard InChI is InChI=1S/C13H9FN2O3S/c14-7-3-1-2-6(4-7)8-5-9(17)15-10-11(13(18)19)16-20-12(8)10/h1-4,8H,5H2,(H,15,17)(H,18,19)/t8-/m1/s1. The first kappa shape index (κ1) is 12.7. The second kappa shape index (κ2) is 4.68. The highest BCUT2D eigenvalue weighted by molar-refractivity contribution is 7.06. The molecule has 0 spiro atoms. The van der Waals surface area contributed by atoms with Gasteiger partial charge in [-0.3, -0.25) is 4.79 Å². The molecule has 7 heteroatoms. The molecule has 1 aliphatic heterocycles. The molecule has 0 bridgehead atoms. The van der Waals surface area contributed by atoms with Gasteiger partial charge in [-0.25, -0.2) is 9.18 Å². The summed E-state index contributed by atoms with van der Waals surface area (Å²) in [4.78, 5) is 23.5. The highest BCUT2D eigenvalue weighted by Crippen LogP contribution is 2.41. The third kappa shape index (κ3) is 2.05. The zero-order valence-corrected chi connectivity index (χ0v) is 10.9. The van der Waals surface area contributed by atoms with E-state index in [0.29, 0.717) is 10.4 Å². The Hall–Kier alpha value is -2.28. The molecule has 0 radical (unpaired) electrons. The Balaban J connectivity index is 2.11. The quantitative estimate of drug-likeness (QED) is 0.891. The zero-order chi connectivity index (χ0) is 14.3. The summed E-state index contributed by atoms with van der Waals surface area (Å²) in [5.41, 5.74) is 0.703. The minimum Gasteiger partial charge on any atom is -0.476 e. The summed E-state index contributed by atoms with van der Waals surface area (Å²) in [5, 5.41) is 11.6. The number of carbonyl (C=O) groups is 2. The lowest BCUT2D eigenvalue weighted by Gasteiger charge is -2.22. The fraction of sp³-hybridized carbons (Fsp3) is 0.154. The number of halogens is 1. The Bertz CT molecular complexity index is 713. The van der Waals surface area contributed by atoms with Crippen molar-refractivity contribution in [3.8, 4) is 0 Å². The van der Waals surface area contributed by atoms with Crippen molar-refractivity contribution in [1.29, 1.82) is 0 Å². The maximum Gasteiger partial charge on any atom is 0.357 e. The van der Waals surface area contributed by atoms with E-state index >= 15 is 0 Å². The Morgan fingerprint density at radius 1 is 1.50 bits per heavy atom. The number of hydrogen-bond donors (Lipinski definition) is 2. The number of amides is 1. The predicted molar refractivity (Wildman–Crippen MR) is 70.6 cm³/mol. The maximum atomic E-state index is 13.3. The van der Waals surface area contributed by atoms with Crippen molar-refractivity contribution in [1.82, 2.24) is 4.37 Å². The van der Waals surface area contributed by atoms with E-state index in [1.165, 1.54) is 12.1 Å². The average Bonchev–Trinajstić information content (AvgIpc) is 2.81. The molecular weight excluding hydrogens is 283 g/mol. The minimum atomic E-state index is -1.19. The second-order valence-electron chi connectivity index (χ2n) is 4.44. The van der Waals surface area contributed by atoms with Gasteiger partial charge < -0.3 is 10.4 Å². The molecule has 2 heterocycles. The molecule has 0 saturated carbocycles. The summed E-state index contributed by atoms with van der Waals surface area (Å²) in [6.45, 7) is 0. The van der Waals surface area contributed by atoms with Gasteiger partial charge in [-0.2, -0.15) is 4.37 Å².